The number of nitrogens with one attached hydrogen (secondary N) is 1. The first kappa shape index (κ1) is 11.9. The number of hydrogen-bond donors (Lipinski definition) is 2. The average Bonchev–Trinajstić information content (AvgIpc) is 2.65. The van der Waals surface area contributed by atoms with Crippen LogP contribution in [0.5, 0.6) is 0 Å². The van der Waals surface area contributed by atoms with Crippen molar-refractivity contribution in [2.24, 2.45) is 17.6 Å². The molecule has 1 rings (SSSR count). The fourth-order valence-corrected chi connectivity index (χ4v) is 2.69. The van der Waals surface area contributed by atoms with Crippen molar-refractivity contribution in [2.75, 3.05) is 18.1 Å². The van der Waals surface area contributed by atoms with Crippen molar-refractivity contribution in [1.29, 1.82) is 0 Å². The maximum atomic E-state index is 11.5. The summed E-state index contributed by atoms with van der Waals surface area (Å²) in [6.45, 7) is 4.73. The van der Waals surface area contributed by atoms with Crippen LogP contribution in [0.4, 0.5) is 0 Å². The van der Waals surface area contributed by atoms with Gasteiger partial charge in [-0.2, -0.15) is 11.8 Å². The maximum absolute atomic E-state index is 11.5. The van der Waals surface area contributed by atoms with Crippen LogP contribution in [0.15, 0.2) is 0 Å². The topological polar surface area (TPSA) is 55.1 Å². The quantitative estimate of drug-likeness (QED) is 0.732. The van der Waals surface area contributed by atoms with Crippen molar-refractivity contribution in [3.05, 3.63) is 0 Å². The zero-order chi connectivity index (χ0) is 10.6. The lowest BCUT2D eigenvalue weighted by Crippen LogP contribution is -2.45. The highest BCUT2D eigenvalue weighted by atomic mass is 32.2. The molecule has 1 fully saturated rings. The molecule has 1 heterocycles. The molecule has 0 radical (unpaired) electrons. The van der Waals surface area contributed by atoms with Crippen LogP contribution in [0.3, 0.4) is 0 Å². The lowest BCUT2D eigenvalue weighted by molar-refractivity contribution is -0.123. The van der Waals surface area contributed by atoms with Gasteiger partial charge in [-0.1, -0.05) is 13.8 Å². The van der Waals surface area contributed by atoms with E-state index in [1.807, 2.05) is 25.6 Å². The number of carbonyl (C=O) groups excluding carboxylic acids is 1. The molecule has 0 aromatic rings. The Morgan fingerprint density at radius 3 is 2.86 bits per heavy atom. The summed E-state index contributed by atoms with van der Waals surface area (Å²) in [5.41, 5.74) is 5.73. The van der Waals surface area contributed by atoms with Gasteiger partial charge in [0.1, 0.15) is 0 Å². The molecule has 14 heavy (non-hydrogen) atoms. The molecule has 1 saturated heterocycles. The number of hydrogen-bond acceptors (Lipinski definition) is 3. The van der Waals surface area contributed by atoms with Gasteiger partial charge in [0.25, 0.3) is 0 Å². The van der Waals surface area contributed by atoms with Gasteiger partial charge in [0.05, 0.1) is 6.04 Å². The molecule has 0 aromatic carbocycles. The average molecular weight is 216 g/mol. The van der Waals surface area contributed by atoms with E-state index >= 15 is 0 Å². The van der Waals surface area contributed by atoms with E-state index < -0.39 is 0 Å². The molecule has 0 spiro atoms. The first-order chi connectivity index (χ1) is 6.61. The van der Waals surface area contributed by atoms with E-state index in [1.54, 1.807) is 0 Å². The van der Waals surface area contributed by atoms with Gasteiger partial charge in [-0.05, 0) is 29.8 Å². The van der Waals surface area contributed by atoms with Crippen LogP contribution >= 0.6 is 11.8 Å². The molecule has 0 aliphatic carbocycles. The number of nitrogens with two attached hydrogens (primary N) is 1. The smallest absolute Gasteiger partial charge is 0.237 e. The van der Waals surface area contributed by atoms with Gasteiger partial charge in [-0.15, -0.1) is 0 Å². The minimum Gasteiger partial charge on any atom is -0.354 e. The Hall–Kier alpha value is -0.220. The molecule has 1 amide bonds. The lowest BCUT2D eigenvalue weighted by Gasteiger charge is -2.17. The van der Waals surface area contributed by atoms with Crippen LogP contribution in [-0.2, 0) is 4.79 Å². The van der Waals surface area contributed by atoms with E-state index in [-0.39, 0.29) is 17.9 Å². The predicted molar refractivity (Wildman–Crippen MR) is 61.3 cm³/mol. The van der Waals surface area contributed by atoms with Gasteiger partial charge in [0.2, 0.25) is 5.91 Å². The minimum absolute atomic E-state index is 0.00287. The summed E-state index contributed by atoms with van der Waals surface area (Å²) in [5, 5.41) is 2.93. The van der Waals surface area contributed by atoms with Crippen LogP contribution < -0.4 is 11.1 Å². The third-order valence-corrected chi connectivity index (χ3v) is 3.84. The second kappa shape index (κ2) is 5.61. The molecule has 1 aliphatic rings. The Balaban J connectivity index is 2.19. The van der Waals surface area contributed by atoms with Crippen molar-refractivity contribution < 1.29 is 4.79 Å². The molecule has 2 atom stereocenters. The van der Waals surface area contributed by atoms with E-state index in [2.05, 4.69) is 5.32 Å². The van der Waals surface area contributed by atoms with Crippen LogP contribution in [0.2, 0.25) is 0 Å². The Labute approximate surface area is 90.2 Å². The highest BCUT2D eigenvalue weighted by Gasteiger charge is 2.20. The number of amides is 1. The molecule has 3 nitrogen and oxygen atoms in total. The monoisotopic (exact) mass is 216 g/mol. The van der Waals surface area contributed by atoms with Crippen molar-refractivity contribution in [3.8, 4) is 0 Å². The Kier molecular flexibility index (Phi) is 4.75. The summed E-state index contributed by atoms with van der Waals surface area (Å²) in [7, 11) is 0. The number of carbonyl (C=O) groups is 1. The Morgan fingerprint density at radius 2 is 2.36 bits per heavy atom. The third kappa shape index (κ3) is 3.50. The number of thioether (sulfide) groups is 1. The fourth-order valence-electron chi connectivity index (χ4n) is 1.41. The van der Waals surface area contributed by atoms with Gasteiger partial charge < -0.3 is 11.1 Å². The SMILES string of the molecule is CC(C)[C@H](N)C(=O)NCC1CCSC1. The van der Waals surface area contributed by atoms with Gasteiger partial charge in [-0.3, -0.25) is 4.79 Å². The minimum atomic E-state index is -0.357. The van der Waals surface area contributed by atoms with Crippen LogP contribution in [0, 0.1) is 11.8 Å². The second-order valence-corrected chi connectivity index (χ2v) is 5.39. The van der Waals surface area contributed by atoms with Gasteiger partial charge in [0.15, 0.2) is 0 Å². The van der Waals surface area contributed by atoms with E-state index in [4.69, 9.17) is 5.73 Å². The van der Waals surface area contributed by atoms with Crippen molar-refractivity contribution >= 4 is 17.7 Å². The maximum Gasteiger partial charge on any atom is 0.237 e. The first-order valence-corrected chi connectivity index (χ1v) is 6.37. The predicted octanol–water partition coefficient (Wildman–Crippen LogP) is 0.839. The fraction of sp³-hybridized carbons (Fsp3) is 0.900. The highest BCUT2D eigenvalue weighted by molar-refractivity contribution is 7.99. The van der Waals surface area contributed by atoms with Crippen LogP contribution in [-0.4, -0.2) is 30.0 Å². The molecule has 1 unspecified atom stereocenters. The van der Waals surface area contributed by atoms with Crippen LogP contribution in [0.1, 0.15) is 20.3 Å². The molecule has 1 aliphatic heterocycles. The summed E-state index contributed by atoms with van der Waals surface area (Å²) in [4.78, 5) is 11.5. The molecule has 3 N–H and O–H groups in total. The standard InChI is InChI=1S/C10H20N2OS/c1-7(2)9(11)10(13)12-5-8-3-4-14-6-8/h7-9H,3-6,11H2,1-2H3,(H,12,13)/t8?,9-/m0/s1. The summed E-state index contributed by atoms with van der Waals surface area (Å²) < 4.78 is 0. The molecular weight excluding hydrogens is 196 g/mol. The summed E-state index contributed by atoms with van der Waals surface area (Å²) in [5.74, 6) is 3.28. The molecular formula is C10H20N2OS. The van der Waals surface area contributed by atoms with E-state index in [9.17, 15) is 4.79 Å². The molecule has 4 heteroatoms. The zero-order valence-electron chi connectivity index (χ0n) is 8.95. The van der Waals surface area contributed by atoms with Crippen LogP contribution in [0.25, 0.3) is 0 Å². The van der Waals surface area contributed by atoms with Gasteiger partial charge in [0, 0.05) is 6.54 Å². The molecule has 0 bridgehead atoms. The van der Waals surface area contributed by atoms with Crippen molar-refractivity contribution in [2.45, 2.75) is 26.3 Å². The summed E-state index contributed by atoms with van der Waals surface area (Å²) >= 11 is 1.97. The van der Waals surface area contributed by atoms with Gasteiger partial charge >= 0.3 is 0 Å². The first-order valence-electron chi connectivity index (χ1n) is 5.22. The van der Waals surface area contributed by atoms with E-state index in [1.165, 1.54) is 17.9 Å². The largest absolute Gasteiger partial charge is 0.354 e. The normalized spacial score (nSPS) is 23.9. The van der Waals surface area contributed by atoms with Crippen molar-refractivity contribution in [3.63, 3.8) is 0 Å². The lowest BCUT2D eigenvalue weighted by atomic mass is 10.0. The molecule has 0 saturated carbocycles. The highest BCUT2D eigenvalue weighted by Crippen LogP contribution is 2.22. The molecule has 0 aromatic heterocycles. The second-order valence-electron chi connectivity index (χ2n) is 4.24. The Morgan fingerprint density at radius 1 is 1.64 bits per heavy atom. The molecule has 82 valence electrons. The Bertz CT molecular complexity index is 191. The number of rotatable bonds is 4. The summed E-state index contributed by atoms with van der Waals surface area (Å²) in [6, 6.07) is -0.357. The van der Waals surface area contributed by atoms with Gasteiger partial charge in [-0.25, -0.2) is 0 Å². The third-order valence-electron chi connectivity index (χ3n) is 2.61. The van der Waals surface area contributed by atoms with E-state index in [0.29, 0.717) is 5.92 Å². The summed E-state index contributed by atoms with van der Waals surface area (Å²) in [6.07, 6.45) is 1.22. The zero-order valence-corrected chi connectivity index (χ0v) is 9.77. The van der Waals surface area contributed by atoms with E-state index in [0.717, 1.165) is 6.54 Å². The van der Waals surface area contributed by atoms with Crippen molar-refractivity contribution in [1.82, 2.24) is 5.32 Å².